The molecule has 0 saturated carbocycles. The van der Waals surface area contributed by atoms with E-state index in [9.17, 15) is 35.5 Å². The fraction of sp³-hybridized carbons (Fsp3) is 0.364. The number of aromatic carboxylic acids is 1. The Balaban J connectivity index is 2.67. The van der Waals surface area contributed by atoms with E-state index in [1.807, 2.05) is 0 Å². The number of alkyl halides is 7. The third-order valence-corrected chi connectivity index (χ3v) is 2.12. The van der Waals surface area contributed by atoms with Gasteiger partial charge >= 0.3 is 24.4 Å². The van der Waals surface area contributed by atoms with E-state index in [-0.39, 0.29) is 11.3 Å². The standard InChI is InChI=1S/C11H7F7O4/c12-9(13,22-11(17,18)10(14,15)16)5-21-7-3-1-6(2-4-7)8(19)20/h1-4H,5H2,(H,19,20). The van der Waals surface area contributed by atoms with E-state index in [1.54, 1.807) is 0 Å². The molecule has 1 aromatic carbocycles. The average Bonchev–Trinajstić information content (AvgIpc) is 2.34. The van der Waals surface area contributed by atoms with Crippen molar-refractivity contribution in [1.82, 2.24) is 0 Å². The summed E-state index contributed by atoms with van der Waals surface area (Å²) < 4.78 is 92.5. The van der Waals surface area contributed by atoms with Gasteiger partial charge < -0.3 is 9.84 Å². The van der Waals surface area contributed by atoms with Crippen molar-refractivity contribution < 1.29 is 50.1 Å². The molecule has 0 saturated heterocycles. The Morgan fingerprint density at radius 1 is 1.00 bits per heavy atom. The second kappa shape index (κ2) is 5.99. The summed E-state index contributed by atoms with van der Waals surface area (Å²) in [5.74, 6) is -1.69. The van der Waals surface area contributed by atoms with E-state index in [1.165, 1.54) is 0 Å². The first kappa shape index (κ1) is 18.0. The van der Waals surface area contributed by atoms with Crippen molar-refractivity contribution in [2.45, 2.75) is 18.4 Å². The number of carboxylic acid groups (broad SMARTS) is 1. The highest BCUT2D eigenvalue weighted by molar-refractivity contribution is 5.87. The van der Waals surface area contributed by atoms with Crippen LogP contribution in [0.2, 0.25) is 0 Å². The number of hydrogen-bond donors (Lipinski definition) is 1. The highest BCUT2D eigenvalue weighted by Gasteiger charge is 2.64. The molecule has 0 radical (unpaired) electrons. The monoisotopic (exact) mass is 336 g/mol. The van der Waals surface area contributed by atoms with E-state index < -0.39 is 31.0 Å². The summed E-state index contributed by atoms with van der Waals surface area (Å²) in [7, 11) is 0. The molecule has 0 amide bonds. The zero-order chi connectivity index (χ0) is 17.2. The minimum absolute atomic E-state index is 0.209. The van der Waals surface area contributed by atoms with Gasteiger partial charge in [-0.3, -0.25) is 0 Å². The lowest BCUT2D eigenvalue weighted by Gasteiger charge is -2.25. The van der Waals surface area contributed by atoms with Crippen LogP contribution < -0.4 is 4.74 Å². The van der Waals surface area contributed by atoms with Gasteiger partial charge in [-0.1, -0.05) is 0 Å². The maximum Gasteiger partial charge on any atom is 0.483 e. The van der Waals surface area contributed by atoms with Crippen molar-refractivity contribution in [2.75, 3.05) is 6.61 Å². The molecule has 0 unspecified atom stereocenters. The molecule has 0 atom stereocenters. The minimum atomic E-state index is -6.31. The van der Waals surface area contributed by atoms with Crippen molar-refractivity contribution in [1.29, 1.82) is 0 Å². The second-order valence-corrected chi connectivity index (χ2v) is 3.87. The number of ether oxygens (including phenoxy) is 2. The van der Waals surface area contributed by atoms with Gasteiger partial charge in [0.2, 0.25) is 0 Å². The molecule has 0 aliphatic carbocycles. The number of hydrogen-bond acceptors (Lipinski definition) is 3. The number of halogens is 7. The Morgan fingerprint density at radius 3 is 1.91 bits per heavy atom. The fourth-order valence-electron chi connectivity index (χ4n) is 1.14. The first-order valence-electron chi connectivity index (χ1n) is 5.33. The highest BCUT2D eigenvalue weighted by atomic mass is 19.4. The third-order valence-electron chi connectivity index (χ3n) is 2.12. The second-order valence-electron chi connectivity index (χ2n) is 3.87. The van der Waals surface area contributed by atoms with Gasteiger partial charge in [0, 0.05) is 0 Å². The molecule has 11 heteroatoms. The lowest BCUT2D eigenvalue weighted by molar-refractivity contribution is -0.458. The van der Waals surface area contributed by atoms with Crippen LogP contribution >= 0.6 is 0 Å². The van der Waals surface area contributed by atoms with Crippen LogP contribution in [0, 0.1) is 0 Å². The molecule has 124 valence electrons. The topological polar surface area (TPSA) is 55.8 Å². The summed E-state index contributed by atoms with van der Waals surface area (Å²) in [6.45, 7) is -1.93. The normalized spacial score (nSPS) is 13.0. The van der Waals surface area contributed by atoms with Crippen molar-refractivity contribution in [2.24, 2.45) is 0 Å². The Morgan fingerprint density at radius 2 is 1.50 bits per heavy atom. The van der Waals surface area contributed by atoms with E-state index >= 15 is 0 Å². The van der Waals surface area contributed by atoms with E-state index in [4.69, 9.17) is 5.11 Å². The van der Waals surface area contributed by atoms with E-state index in [2.05, 4.69) is 9.47 Å². The molecule has 1 N–H and O–H groups in total. The maximum absolute atomic E-state index is 12.9. The van der Waals surface area contributed by atoms with Crippen LogP contribution in [-0.4, -0.2) is 36.1 Å². The van der Waals surface area contributed by atoms with Gasteiger partial charge in [0.25, 0.3) is 0 Å². The summed E-state index contributed by atoms with van der Waals surface area (Å²) in [6.07, 6.45) is -17.3. The quantitative estimate of drug-likeness (QED) is 0.808. The lowest BCUT2D eigenvalue weighted by Crippen LogP contribution is -2.46. The van der Waals surface area contributed by atoms with Crippen LogP contribution in [-0.2, 0) is 4.74 Å². The van der Waals surface area contributed by atoms with Crippen LogP contribution in [0.15, 0.2) is 24.3 Å². The molecule has 0 aromatic heterocycles. The smallest absolute Gasteiger partial charge is 0.483 e. The molecule has 0 aliphatic heterocycles. The summed E-state index contributed by atoms with van der Waals surface area (Å²) in [6, 6.07) is 3.75. The highest BCUT2D eigenvalue weighted by Crippen LogP contribution is 2.40. The summed E-state index contributed by atoms with van der Waals surface area (Å²) in [5, 5.41) is 8.57. The van der Waals surface area contributed by atoms with Crippen molar-refractivity contribution in [3.63, 3.8) is 0 Å². The van der Waals surface area contributed by atoms with Crippen LogP contribution in [0.5, 0.6) is 5.75 Å². The van der Waals surface area contributed by atoms with Crippen LogP contribution in [0.25, 0.3) is 0 Å². The molecule has 1 rings (SSSR count). The van der Waals surface area contributed by atoms with Gasteiger partial charge in [0.1, 0.15) is 5.75 Å². The van der Waals surface area contributed by atoms with Gasteiger partial charge in [-0.25, -0.2) is 9.53 Å². The Kier molecular flexibility index (Phi) is 4.90. The molecular weight excluding hydrogens is 329 g/mol. The molecule has 0 fully saturated rings. The molecule has 1 aromatic rings. The zero-order valence-electron chi connectivity index (χ0n) is 10.3. The van der Waals surface area contributed by atoms with Gasteiger partial charge in [-0.15, -0.1) is 0 Å². The van der Waals surface area contributed by atoms with Crippen molar-refractivity contribution in [3.8, 4) is 5.75 Å². The first-order valence-corrected chi connectivity index (χ1v) is 5.33. The molecule has 0 spiro atoms. The number of carbonyl (C=O) groups is 1. The SMILES string of the molecule is O=C(O)c1ccc(OCC(F)(F)OC(F)(F)C(F)(F)F)cc1. The Labute approximate surface area is 118 Å². The van der Waals surface area contributed by atoms with Crippen LogP contribution in [0.3, 0.4) is 0 Å². The molecule has 0 aliphatic rings. The first-order chi connectivity index (χ1) is 9.84. The van der Waals surface area contributed by atoms with E-state index in [0.717, 1.165) is 24.3 Å². The molecular formula is C11H7F7O4. The molecule has 22 heavy (non-hydrogen) atoms. The largest absolute Gasteiger partial charge is 0.484 e. The average molecular weight is 336 g/mol. The van der Waals surface area contributed by atoms with Gasteiger partial charge in [0.15, 0.2) is 6.61 Å². The zero-order valence-corrected chi connectivity index (χ0v) is 10.3. The summed E-state index contributed by atoms with van der Waals surface area (Å²) >= 11 is 0. The number of carboxylic acids is 1. The fourth-order valence-corrected chi connectivity index (χ4v) is 1.14. The number of rotatable bonds is 6. The third kappa shape index (κ3) is 4.76. The lowest BCUT2D eigenvalue weighted by atomic mass is 10.2. The Hall–Kier alpha value is -2.04. The van der Waals surface area contributed by atoms with E-state index in [0.29, 0.717) is 0 Å². The van der Waals surface area contributed by atoms with Gasteiger partial charge in [0.05, 0.1) is 5.56 Å². The maximum atomic E-state index is 12.9. The van der Waals surface area contributed by atoms with Crippen LogP contribution in [0.1, 0.15) is 10.4 Å². The number of benzene rings is 1. The van der Waals surface area contributed by atoms with Crippen molar-refractivity contribution >= 4 is 5.97 Å². The summed E-state index contributed by atoms with van der Waals surface area (Å²) in [4.78, 5) is 10.5. The predicted molar refractivity (Wildman–Crippen MR) is 55.9 cm³/mol. The minimum Gasteiger partial charge on any atom is -0.484 e. The molecule has 0 bridgehead atoms. The Bertz CT molecular complexity index is 524. The van der Waals surface area contributed by atoms with Gasteiger partial charge in [-0.2, -0.15) is 30.7 Å². The predicted octanol–water partition coefficient (Wildman–Crippen LogP) is 3.53. The molecule has 0 heterocycles. The van der Waals surface area contributed by atoms with Crippen LogP contribution in [0.4, 0.5) is 30.7 Å². The van der Waals surface area contributed by atoms with Crippen molar-refractivity contribution in [3.05, 3.63) is 29.8 Å². The summed E-state index contributed by atoms with van der Waals surface area (Å²) in [5.41, 5.74) is -0.209. The van der Waals surface area contributed by atoms with Gasteiger partial charge in [-0.05, 0) is 24.3 Å². The molecule has 4 nitrogen and oxygen atoms in total.